The summed E-state index contributed by atoms with van der Waals surface area (Å²) in [6.07, 6.45) is 0. The zero-order chi connectivity index (χ0) is 13.2. The van der Waals surface area contributed by atoms with Crippen molar-refractivity contribution in [3.63, 3.8) is 0 Å². The fraction of sp³-hybridized carbons (Fsp3) is 0.571. The summed E-state index contributed by atoms with van der Waals surface area (Å²) in [5.41, 5.74) is 8.64. The summed E-state index contributed by atoms with van der Waals surface area (Å²) in [4.78, 5) is 2.15. The Morgan fingerprint density at radius 2 is 1.88 bits per heavy atom. The van der Waals surface area contributed by atoms with Crippen molar-refractivity contribution >= 4 is 0 Å². The van der Waals surface area contributed by atoms with Crippen LogP contribution in [0.3, 0.4) is 0 Å². The molecule has 0 fully saturated rings. The highest BCUT2D eigenvalue weighted by molar-refractivity contribution is 5.37. The van der Waals surface area contributed by atoms with Crippen molar-refractivity contribution < 1.29 is 4.74 Å². The summed E-state index contributed by atoms with van der Waals surface area (Å²) in [7, 11) is 5.79. The van der Waals surface area contributed by atoms with Crippen molar-refractivity contribution in [1.82, 2.24) is 4.90 Å². The minimum absolute atomic E-state index is 0.0246. The Morgan fingerprint density at radius 1 is 1.29 bits per heavy atom. The lowest BCUT2D eigenvalue weighted by Crippen LogP contribution is -2.47. The van der Waals surface area contributed by atoms with Crippen LogP contribution in [0.15, 0.2) is 18.2 Å². The van der Waals surface area contributed by atoms with Gasteiger partial charge in [-0.15, -0.1) is 0 Å². The molecule has 2 N–H and O–H groups in total. The average molecular weight is 236 g/mol. The van der Waals surface area contributed by atoms with E-state index < -0.39 is 0 Å². The van der Waals surface area contributed by atoms with Gasteiger partial charge in [-0.2, -0.15) is 0 Å². The van der Waals surface area contributed by atoms with Gasteiger partial charge in [0.15, 0.2) is 0 Å². The normalized spacial score (nSPS) is 13.9. The molecule has 17 heavy (non-hydrogen) atoms. The molecule has 0 aliphatic heterocycles. The number of methoxy groups -OCH3 is 1. The maximum absolute atomic E-state index is 6.38. The first-order valence-corrected chi connectivity index (χ1v) is 5.88. The van der Waals surface area contributed by atoms with Gasteiger partial charge in [-0.05, 0) is 58.1 Å². The van der Waals surface area contributed by atoms with Crippen LogP contribution in [0, 0.1) is 6.92 Å². The Morgan fingerprint density at radius 3 is 2.29 bits per heavy atom. The van der Waals surface area contributed by atoms with Crippen molar-refractivity contribution in [2.45, 2.75) is 32.4 Å². The molecule has 0 aliphatic rings. The van der Waals surface area contributed by atoms with Crippen LogP contribution < -0.4 is 10.5 Å². The van der Waals surface area contributed by atoms with Crippen molar-refractivity contribution in [2.75, 3.05) is 21.2 Å². The van der Waals surface area contributed by atoms with Gasteiger partial charge in [0, 0.05) is 11.6 Å². The van der Waals surface area contributed by atoms with Crippen molar-refractivity contribution in [2.24, 2.45) is 5.73 Å². The maximum Gasteiger partial charge on any atom is 0.119 e. The molecule has 1 aromatic rings. The van der Waals surface area contributed by atoms with Crippen LogP contribution in [0.5, 0.6) is 5.75 Å². The lowest BCUT2D eigenvalue weighted by atomic mass is 9.86. The molecule has 0 heterocycles. The topological polar surface area (TPSA) is 38.5 Å². The number of likely N-dealkylation sites (N-methyl/N-ethyl adjacent to an activating group) is 1. The molecule has 0 aliphatic carbocycles. The van der Waals surface area contributed by atoms with E-state index in [2.05, 4.69) is 45.8 Å². The van der Waals surface area contributed by atoms with Crippen molar-refractivity contribution in [1.29, 1.82) is 0 Å². The second-order valence-electron chi connectivity index (χ2n) is 5.25. The molecule has 3 nitrogen and oxygen atoms in total. The summed E-state index contributed by atoms with van der Waals surface area (Å²) >= 11 is 0. The van der Waals surface area contributed by atoms with Crippen molar-refractivity contribution in [3.05, 3.63) is 29.3 Å². The van der Waals surface area contributed by atoms with E-state index in [9.17, 15) is 0 Å². The summed E-state index contributed by atoms with van der Waals surface area (Å²) in [5, 5.41) is 0. The third kappa shape index (κ3) is 2.79. The number of nitrogens with zero attached hydrogens (tertiary/aromatic N) is 1. The SMILES string of the molecule is COc1ccc(C(N)C(C)(C)N(C)C)c(C)c1. The Labute approximate surface area is 105 Å². The van der Waals surface area contributed by atoms with Gasteiger partial charge >= 0.3 is 0 Å². The number of rotatable bonds is 4. The van der Waals surface area contributed by atoms with E-state index >= 15 is 0 Å². The molecule has 96 valence electrons. The quantitative estimate of drug-likeness (QED) is 0.872. The Bertz CT molecular complexity index is 386. The molecule has 0 radical (unpaired) electrons. The van der Waals surface area contributed by atoms with Gasteiger partial charge in [0.1, 0.15) is 5.75 Å². The molecule has 1 unspecified atom stereocenters. The lowest BCUT2D eigenvalue weighted by Gasteiger charge is -2.39. The van der Waals surface area contributed by atoms with Gasteiger partial charge in [-0.3, -0.25) is 0 Å². The molecule has 0 saturated heterocycles. The van der Waals surface area contributed by atoms with E-state index in [1.54, 1.807) is 7.11 Å². The molecule has 1 rings (SSSR count). The standard InChI is InChI=1S/C14H24N2O/c1-10-9-11(17-6)7-8-12(10)13(15)14(2,3)16(4)5/h7-9,13H,15H2,1-6H3. The van der Waals surface area contributed by atoms with Crippen LogP contribution in [-0.2, 0) is 0 Å². The summed E-state index contributed by atoms with van der Waals surface area (Å²) in [5.74, 6) is 0.876. The van der Waals surface area contributed by atoms with Gasteiger partial charge in [-0.1, -0.05) is 6.07 Å². The third-order valence-electron chi connectivity index (χ3n) is 3.73. The summed E-state index contributed by atoms with van der Waals surface area (Å²) in [6, 6.07) is 6.03. The number of nitrogens with two attached hydrogens (primary N) is 1. The number of hydrogen-bond acceptors (Lipinski definition) is 3. The van der Waals surface area contributed by atoms with E-state index in [1.165, 1.54) is 11.1 Å². The predicted molar refractivity (Wildman–Crippen MR) is 72.4 cm³/mol. The van der Waals surface area contributed by atoms with Crippen LogP contribution in [0.2, 0.25) is 0 Å². The average Bonchev–Trinajstić information content (AvgIpc) is 2.27. The molecule has 1 atom stereocenters. The van der Waals surface area contributed by atoms with E-state index in [0.29, 0.717) is 0 Å². The number of hydrogen-bond donors (Lipinski definition) is 1. The molecule has 0 saturated carbocycles. The zero-order valence-electron chi connectivity index (χ0n) is 11.7. The highest BCUT2D eigenvalue weighted by Gasteiger charge is 2.30. The first-order valence-electron chi connectivity index (χ1n) is 5.88. The van der Waals surface area contributed by atoms with Crippen LogP contribution in [0.4, 0.5) is 0 Å². The second kappa shape index (κ2) is 5.07. The van der Waals surface area contributed by atoms with Crippen LogP contribution >= 0.6 is 0 Å². The maximum atomic E-state index is 6.38. The minimum Gasteiger partial charge on any atom is -0.497 e. The number of aryl methyl sites for hydroxylation is 1. The van der Waals surface area contributed by atoms with Gasteiger partial charge in [0.25, 0.3) is 0 Å². The number of ether oxygens (including phenoxy) is 1. The van der Waals surface area contributed by atoms with Gasteiger partial charge in [0.2, 0.25) is 0 Å². The van der Waals surface area contributed by atoms with Crippen LogP contribution in [0.25, 0.3) is 0 Å². The monoisotopic (exact) mass is 236 g/mol. The summed E-state index contributed by atoms with van der Waals surface area (Å²) < 4.78 is 5.21. The Kier molecular flexibility index (Phi) is 4.17. The van der Waals surface area contributed by atoms with E-state index in [1.807, 2.05) is 12.1 Å². The molecule has 3 heteroatoms. The Balaban J connectivity index is 3.08. The second-order valence-corrected chi connectivity index (χ2v) is 5.25. The number of benzene rings is 1. The molecule has 0 bridgehead atoms. The molecule has 1 aromatic carbocycles. The Hall–Kier alpha value is -1.06. The van der Waals surface area contributed by atoms with E-state index in [-0.39, 0.29) is 11.6 Å². The highest BCUT2D eigenvalue weighted by Crippen LogP contribution is 2.30. The highest BCUT2D eigenvalue weighted by atomic mass is 16.5. The molecular formula is C14H24N2O. The third-order valence-corrected chi connectivity index (χ3v) is 3.73. The van der Waals surface area contributed by atoms with Crippen LogP contribution in [0.1, 0.15) is 31.0 Å². The first kappa shape index (κ1) is 14.0. The minimum atomic E-state index is -0.0840. The smallest absolute Gasteiger partial charge is 0.119 e. The van der Waals surface area contributed by atoms with Gasteiger partial charge < -0.3 is 15.4 Å². The van der Waals surface area contributed by atoms with Crippen LogP contribution in [-0.4, -0.2) is 31.6 Å². The molecule has 0 aromatic heterocycles. The van der Waals surface area contributed by atoms with Gasteiger partial charge in [-0.25, -0.2) is 0 Å². The fourth-order valence-electron chi connectivity index (χ4n) is 1.78. The molecular weight excluding hydrogens is 212 g/mol. The summed E-state index contributed by atoms with van der Waals surface area (Å²) in [6.45, 7) is 6.38. The molecule has 0 spiro atoms. The van der Waals surface area contributed by atoms with Crippen molar-refractivity contribution in [3.8, 4) is 5.75 Å². The van der Waals surface area contributed by atoms with E-state index in [4.69, 9.17) is 10.5 Å². The lowest BCUT2D eigenvalue weighted by molar-refractivity contribution is 0.158. The molecule has 0 amide bonds. The zero-order valence-corrected chi connectivity index (χ0v) is 11.7. The predicted octanol–water partition coefficient (Wildman–Crippen LogP) is 2.34. The fourth-order valence-corrected chi connectivity index (χ4v) is 1.78. The largest absolute Gasteiger partial charge is 0.497 e. The first-order chi connectivity index (χ1) is 7.80. The van der Waals surface area contributed by atoms with E-state index in [0.717, 1.165) is 5.75 Å². The van der Waals surface area contributed by atoms with Gasteiger partial charge in [0.05, 0.1) is 7.11 Å².